The highest BCUT2D eigenvalue weighted by molar-refractivity contribution is 5.94. The van der Waals surface area contributed by atoms with E-state index in [1.54, 1.807) is 4.68 Å². The summed E-state index contributed by atoms with van der Waals surface area (Å²) in [6.45, 7) is 4.68. The maximum atomic E-state index is 13.2. The van der Waals surface area contributed by atoms with Crippen molar-refractivity contribution < 1.29 is 9.32 Å². The van der Waals surface area contributed by atoms with Gasteiger partial charge in [0.25, 0.3) is 5.91 Å². The summed E-state index contributed by atoms with van der Waals surface area (Å²) in [5, 5.41) is 8.82. The molecule has 1 aliphatic heterocycles. The van der Waals surface area contributed by atoms with Crippen molar-refractivity contribution in [3.63, 3.8) is 0 Å². The molecule has 27 heavy (non-hydrogen) atoms. The van der Waals surface area contributed by atoms with Crippen molar-refractivity contribution in [1.29, 1.82) is 0 Å². The molecule has 1 aliphatic rings. The molecule has 6 heteroatoms. The van der Waals surface area contributed by atoms with Crippen LogP contribution in [0.15, 0.2) is 41.1 Å². The van der Waals surface area contributed by atoms with Gasteiger partial charge < -0.3 is 9.42 Å². The van der Waals surface area contributed by atoms with Crippen LogP contribution in [0.4, 0.5) is 0 Å². The first-order chi connectivity index (χ1) is 13.1. The van der Waals surface area contributed by atoms with Gasteiger partial charge in [-0.2, -0.15) is 5.10 Å². The predicted molar refractivity (Wildman–Crippen MR) is 102 cm³/mol. The topological polar surface area (TPSA) is 64.2 Å². The second-order valence-corrected chi connectivity index (χ2v) is 7.20. The van der Waals surface area contributed by atoms with E-state index >= 15 is 0 Å². The Balaban J connectivity index is 1.75. The minimum Gasteiger partial charge on any atom is -0.356 e. The average Bonchev–Trinajstić information content (AvgIpc) is 3.24. The van der Waals surface area contributed by atoms with E-state index in [-0.39, 0.29) is 11.9 Å². The van der Waals surface area contributed by atoms with Gasteiger partial charge >= 0.3 is 0 Å². The molecule has 1 aromatic carbocycles. The van der Waals surface area contributed by atoms with Gasteiger partial charge in [0.15, 0.2) is 5.76 Å². The fourth-order valence-electron chi connectivity index (χ4n) is 3.80. The first-order valence-corrected chi connectivity index (χ1v) is 9.39. The molecule has 0 saturated carbocycles. The number of benzene rings is 1. The first-order valence-electron chi connectivity index (χ1n) is 9.39. The van der Waals surface area contributed by atoms with Crippen LogP contribution in [0.25, 0.3) is 11.3 Å². The minimum atomic E-state index is -0.0625. The van der Waals surface area contributed by atoms with Crippen molar-refractivity contribution in [2.24, 2.45) is 7.05 Å². The van der Waals surface area contributed by atoms with Gasteiger partial charge in [-0.1, -0.05) is 23.4 Å². The monoisotopic (exact) mass is 364 g/mol. The van der Waals surface area contributed by atoms with E-state index in [0.29, 0.717) is 5.56 Å². The van der Waals surface area contributed by atoms with Crippen LogP contribution in [0.3, 0.4) is 0 Å². The zero-order valence-electron chi connectivity index (χ0n) is 16.0. The number of aryl methyl sites for hydroxylation is 2. The third-order valence-corrected chi connectivity index (χ3v) is 5.36. The number of likely N-dealkylation sites (tertiary alicyclic amines) is 1. The highest BCUT2D eigenvalue weighted by Gasteiger charge is 2.33. The van der Waals surface area contributed by atoms with E-state index in [0.717, 1.165) is 54.1 Å². The van der Waals surface area contributed by atoms with E-state index in [4.69, 9.17) is 9.62 Å². The summed E-state index contributed by atoms with van der Waals surface area (Å²) in [4.78, 5) is 15.1. The maximum absolute atomic E-state index is 13.2. The molecule has 2 aromatic heterocycles. The van der Waals surface area contributed by atoms with Gasteiger partial charge in [-0.05, 0) is 45.2 Å². The van der Waals surface area contributed by atoms with Gasteiger partial charge in [0, 0.05) is 30.9 Å². The summed E-state index contributed by atoms with van der Waals surface area (Å²) in [6.07, 6.45) is 4.95. The number of hydrogen-bond donors (Lipinski definition) is 0. The Labute approximate surface area is 158 Å². The molecule has 1 fully saturated rings. The maximum Gasteiger partial charge on any atom is 0.254 e. The molecule has 0 spiro atoms. The number of nitrogens with zero attached hydrogens (tertiary/aromatic N) is 4. The Bertz CT molecular complexity index is 958. The molecule has 6 nitrogen and oxygen atoms in total. The van der Waals surface area contributed by atoms with E-state index in [1.807, 2.05) is 62.3 Å². The molecular formula is C21H24N4O2. The summed E-state index contributed by atoms with van der Waals surface area (Å²) in [5.41, 5.74) is 4.42. The molecule has 0 N–H and O–H groups in total. The molecule has 0 radical (unpaired) electrons. The van der Waals surface area contributed by atoms with Crippen LogP contribution in [0.5, 0.6) is 0 Å². The number of rotatable bonds is 3. The van der Waals surface area contributed by atoms with Crippen molar-refractivity contribution in [2.45, 2.75) is 39.2 Å². The standard InChI is InChI=1S/C21H24N4O2/c1-14-15(2)23-27-20(14)17-13-24(3)22-19(17)18-11-7-8-12-25(18)21(26)16-9-5-4-6-10-16/h4-6,9-10,13,18H,7-8,11-12H2,1-3H3/t18-/m1/s1. The van der Waals surface area contributed by atoms with Crippen molar-refractivity contribution in [1.82, 2.24) is 19.8 Å². The Morgan fingerprint density at radius 3 is 2.67 bits per heavy atom. The number of piperidine rings is 1. The van der Waals surface area contributed by atoms with E-state index in [1.165, 1.54) is 0 Å². The predicted octanol–water partition coefficient (Wildman–Crippen LogP) is 4.06. The van der Waals surface area contributed by atoms with Crippen LogP contribution in [0.1, 0.15) is 52.6 Å². The number of carbonyl (C=O) groups is 1. The lowest BCUT2D eigenvalue weighted by atomic mass is 9.94. The summed E-state index contributed by atoms with van der Waals surface area (Å²) in [7, 11) is 1.90. The van der Waals surface area contributed by atoms with Crippen LogP contribution in [0, 0.1) is 13.8 Å². The fourth-order valence-corrected chi connectivity index (χ4v) is 3.80. The summed E-state index contributed by atoms with van der Waals surface area (Å²) in [5.74, 6) is 0.802. The third kappa shape index (κ3) is 3.16. The van der Waals surface area contributed by atoms with Crippen molar-refractivity contribution in [3.05, 3.63) is 59.0 Å². The SMILES string of the molecule is Cc1noc(-c2cn(C)nc2[C@H]2CCCCN2C(=O)c2ccccc2)c1C. The molecule has 1 saturated heterocycles. The Morgan fingerprint density at radius 2 is 1.96 bits per heavy atom. The molecule has 0 unspecified atom stereocenters. The van der Waals surface area contributed by atoms with Gasteiger partial charge in [-0.3, -0.25) is 9.48 Å². The summed E-state index contributed by atoms with van der Waals surface area (Å²) < 4.78 is 7.39. The van der Waals surface area contributed by atoms with E-state index in [9.17, 15) is 4.79 Å². The Hall–Kier alpha value is -2.89. The van der Waals surface area contributed by atoms with Crippen LogP contribution in [0.2, 0.25) is 0 Å². The van der Waals surface area contributed by atoms with Gasteiger partial charge in [0.2, 0.25) is 0 Å². The molecule has 140 valence electrons. The number of carbonyl (C=O) groups excluding carboxylic acids is 1. The largest absolute Gasteiger partial charge is 0.356 e. The van der Waals surface area contributed by atoms with Gasteiger partial charge in [0.1, 0.15) is 0 Å². The van der Waals surface area contributed by atoms with Crippen molar-refractivity contribution in [3.8, 4) is 11.3 Å². The Kier molecular flexibility index (Phi) is 4.56. The van der Waals surface area contributed by atoms with Crippen LogP contribution in [-0.2, 0) is 7.05 Å². The number of amides is 1. The zero-order chi connectivity index (χ0) is 19.0. The van der Waals surface area contributed by atoms with Crippen LogP contribution < -0.4 is 0 Å². The van der Waals surface area contributed by atoms with Crippen LogP contribution in [-0.4, -0.2) is 32.3 Å². The first kappa shape index (κ1) is 17.5. The molecule has 1 atom stereocenters. The summed E-state index contributed by atoms with van der Waals surface area (Å²) >= 11 is 0. The fraction of sp³-hybridized carbons (Fsp3) is 0.381. The van der Waals surface area contributed by atoms with Gasteiger partial charge in [0.05, 0.1) is 23.0 Å². The number of hydrogen-bond acceptors (Lipinski definition) is 4. The lowest BCUT2D eigenvalue weighted by molar-refractivity contribution is 0.0606. The lowest BCUT2D eigenvalue weighted by Crippen LogP contribution is -2.39. The second kappa shape index (κ2) is 7.02. The zero-order valence-corrected chi connectivity index (χ0v) is 16.0. The normalized spacial score (nSPS) is 17.3. The smallest absolute Gasteiger partial charge is 0.254 e. The molecule has 4 rings (SSSR count). The highest BCUT2D eigenvalue weighted by Crippen LogP contribution is 2.38. The lowest BCUT2D eigenvalue weighted by Gasteiger charge is -2.35. The molecule has 0 aliphatic carbocycles. The molecule has 3 aromatic rings. The molecular weight excluding hydrogens is 340 g/mol. The van der Waals surface area contributed by atoms with Gasteiger partial charge in [-0.25, -0.2) is 0 Å². The van der Waals surface area contributed by atoms with Crippen molar-refractivity contribution in [2.75, 3.05) is 6.54 Å². The molecule has 0 bridgehead atoms. The second-order valence-electron chi connectivity index (χ2n) is 7.20. The molecule has 1 amide bonds. The van der Waals surface area contributed by atoms with E-state index in [2.05, 4.69) is 5.16 Å². The third-order valence-electron chi connectivity index (χ3n) is 5.36. The number of aromatic nitrogens is 3. The highest BCUT2D eigenvalue weighted by atomic mass is 16.5. The van der Waals surface area contributed by atoms with Gasteiger partial charge in [-0.15, -0.1) is 0 Å². The van der Waals surface area contributed by atoms with E-state index < -0.39 is 0 Å². The van der Waals surface area contributed by atoms with Crippen molar-refractivity contribution >= 4 is 5.91 Å². The quantitative estimate of drug-likeness (QED) is 0.703. The summed E-state index contributed by atoms with van der Waals surface area (Å²) in [6, 6.07) is 9.41. The van der Waals surface area contributed by atoms with Crippen LogP contribution >= 0.6 is 0 Å². The Morgan fingerprint density at radius 1 is 1.19 bits per heavy atom. The average molecular weight is 364 g/mol. The minimum absolute atomic E-state index is 0.0578. The molecule has 3 heterocycles.